The number of carbonyl (C=O) groups is 1. The Balaban J connectivity index is 1.63. The molecular formula is C18H24N6O2. The number of carbonyl (C=O) groups excluding carboxylic acids is 1. The first-order valence-electron chi connectivity index (χ1n) is 8.92. The van der Waals surface area contributed by atoms with E-state index in [0.717, 1.165) is 43.9 Å². The fraction of sp³-hybridized carbons (Fsp3) is 0.500. The van der Waals surface area contributed by atoms with E-state index in [-0.39, 0.29) is 17.5 Å². The molecule has 1 aliphatic heterocycles. The molecule has 0 radical (unpaired) electrons. The monoisotopic (exact) mass is 356 g/mol. The average Bonchev–Trinajstić information content (AvgIpc) is 2.66. The van der Waals surface area contributed by atoms with Gasteiger partial charge >= 0.3 is 0 Å². The molecule has 1 aliphatic rings. The highest BCUT2D eigenvalue weighted by Crippen LogP contribution is 2.18. The van der Waals surface area contributed by atoms with Crippen LogP contribution < -0.4 is 15.8 Å². The second-order valence-corrected chi connectivity index (χ2v) is 6.59. The maximum absolute atomic E-state index is 12.5. The molecule has 1 fully saturated rings. The van der Waals surface area contributed by atoms with Gasteiger partial charge in [0.15, 0.2) is 0 Å². The van der Waals surface area contributed by atoms with Crippen molar-refractivity contribution >= 4 is 11.7 Å². The molecule has 0 aromatic carbocycles. The molecule has 1 saturated heterocycles. The van der Waals surface area contributed by atoms with Gasteiger partial charge < -0.3 is 10.2 Å². The lowest BCUT2D eigenvalue weighted by atomic mass is 10.0. The van der Waals surface area contributed by atoms with Crippen molar-refractivity contribution in [2.24, 2.45) is 0 Å². The minimum absolute atomic E-state index is 0.0403. The Morgan fingerprint density at radius 3 is 2.73 bits per heavy atom. The molecule has 2 aromatic heterocycles. The van der Waals surface area contributed by atoms with Gasteiger partial charge in [-0.1, -0.05) is 6.92 Å². The van der Waals surface area contributed by atoms with Gasteiger partial charge in [0.25, 0.3) is 11.5 Å². The molecule has 138 valence electrons. The van der Waals surface area contributed by atoms with Crippen molar-refractivity contribution in [3.8, 4) is 0 Å². The van der Waals surface area contributed by atoms with E-state index in [9.17, 15) is 9.59 Å². The lowest BCUT2D eigenvalue weighted by Gasteiger charge is -2.33. The molecule has 0 aliphatic carbocycles. The molecule has 0 unspecified atom stereocenters. The number of amides is 1. The van der Waals surface area contributed by atoms with Crippen molar-refractivity contribution in [2.75, 3.05) is 18.0 Å². The number of anilines is 1. The average molecular weight is 356 g/mol. The standard InChI is InChI=1S/C18H24N6O2/c1-4-13-9-15(20-10-19-13)24-7-5-14(6-8-24)21-17(25)16-11(2)12(3)22-23-18(16)26/h9-10,14H,4-8H2,1-3H3,(H,21,25)(H,23,26). The van der Waals surface area contributed by atoms with Crippen LogP contribution in [0.15, 0.2) is 17.2 Å². The maximum atomic E-state index is 12.5. The summed E-state index contributed by atoms with van der Waals surface area (Å²) in [5.41, 5.74) is 2.00. The summed E-state index contributed by atoms with van der Waals surface area (Å²) >= 11 is 0. The number of hydrogen-bond donors (Lipinski definition) is 2. The van der Waals surface area contributed by atoms with Crippen molar-refractivity contribution in [3.63, 3.8) is 0 Å². The maximum Gasteiger partial charge on any atom is 0.277 e. The van der Waals surface area contributed by atoms with E-state index in [4.69, 9.17) is 0 Å². The molecule has 2 N–H and O–H groups in total. The first kappa shape index (κ1) is 18.0. The number of nitrogens with zero attached hydrogens (tertiary/aromatic N) is 4. The summed E-state index contributed by atoms with van der Waals surface area (Å²) in [5, 5.41) is 9.26. The highest BCUT2D eigenvalue weighted by atomic mass is 16.2. The van der Waals surface area contributed by atoms with Crippen molar-refractivity contribution in [3.05, 3.63) is 45.3 Å². The summed E-state index contributed by atoms with van der Waals surface area (Å²) in [4.78, 5) is 35.3. The summed E-state index contributed by atoms with van der Waals surface area (Å²) in [6, 6.07) is 2.06. The molecule has 8 heteroatoms. The molecule has 8 nitrogen and oxygen atoms in total. The summed E-state index contributed by atoms with van der Waals surface area (Å²) in [5.74, 6) is 0.599. The Labute approximate surface area is 152 Å². The van der Waals surface area contributed by atoms with E-state index in [1.54, 1.807) is 20.2 Å². The summed E-state index contributed by atoms with van der Waals surface area (Å²) in [6.45, 7) is 7.19. The van der Waals surface area contributed by atoms with Crippen molar-refractivity contribution in [1.29, 1.82) is 0 Å². The molecule has 3 heterocycles. The van der Waals surface area contributed by atoms with Gasteiger partial charge in [-0.2, -0.15) is 5.10 Å². The Morgan fingerprint density at radius 2 is 2.04 bits per heavy atom. The zero-order chi connectivity index (χ0) is 18.7. The predicted octanol–water partition coefficient (Wildman–Crippen LogP) is 1.14. The van der Waals surface area contributed by atoms with Crippen LogP contribution in [-0.2, 0) is 6.42 Å². The molecule has 2 aromatic rings. The van der Waals surface area contributed by atoms with Gasteiger partial charge in [-0.15, -0.1) is 0 Å². The Hall–Kier alpha value is -2.77. The number of aromatic amines is 1. The third kappa shape index (κ3) is 3.74. The Morgan fingerprint density at radius 1 is 1.31 bits per heavy atom. The first-order valence-corrected chi connectivity index (χ1v) is 8.92. The third-order valence-corrected chi connectivity index (χ3v) is 4.92. The van der Waals surface area contributed by atoms with Gasteiger partial charge in [-0.3, -0.25) is 9.59 Å². The van der Waals surface area contributed by atoms with E-state index in [1.165, 1.54) is 0 Å². The molecule has 0 bridgehead atoms. The fourth-order valence-corrected chi connectivity index (χ4v) is 3.16. The van der Waals surface area contributed by atoms with Crippen LogP contribution >= 0.6 is 0 Å². The lowest BCUT2D eigenvalue weighted by molar-refractivity contribution is 0.0928. The largest absolute Gasteiger partial charge is 0.356 e. The smallest absolute Gasteiger partial charge is 0.277 e. The van der Waals surface area contributed by atoms with E-state index >= 15 is 0 Å². The van der Waals surface area contributed by atoms with E-state index in [2.05, 4.69) is 37.3 Å². The normalized spacial score (nSPS) is 15.1. The van der Waals surface area contributed by atoms with Crippen LogP contribution in [0.4, 0.5) is 5.82 Å². The first-order chi connectivity index (χ1) is 12.5. The van der Waals surface area contributed by atoms with Crippen LogP contribution in [0.5, 0.6) is 0 Å². The third-order valence-electron chi connectivity index (χ3n) is 4.92. The zero-order valence-corrected chi connectivity index (χ0v) is 15.4. The van der Waals surface area contributed by atoms with Gasteiger partial charge in [0, 0.05) is 30.9 Å². The molecule has 0 saturated carbocycles. The highest BCUT2D eigenvalue weighted by Gasteiger charge is 2.24. The van der Waals surface area contributed by atoms with E-state index < -0.39 is 5.56 Å². The summed E-state index contributed by atoms with van der Waals surface area (Å²) in [6.07, 6.45) is 4.08. The summed E-state index contributed by atoms with van der Waals surface area (Å²) in [7, 11) is 0. The van der Waals surface area contributed by atoms with Crippen molar-refractivity contribution in [2.45, 2.75) is 46.1 Å². The van der Waals surface area contributed by atoms with Crippen LogP contribution in [0.1, 0.15) is 47.1 Å². The Kier molecular flexibility index (Phi) is 5.29. The minimum atomic E-state index is -0.448. The van der Waals surface area contributed by atoms with Crippen LogP contribution in [-0.4, -0.2) is 45.2 Å². The molecule has 1 amide bonds. The second-order valence-electron chi connectivity index (χ2n) is 6.59. The quantitative estimate of drug-likeness (QED) is 0.851. The number of piperidine rings is 1. The van der Waals surface area contributed by atoms with Gasteiger partial charge in [0.2, 0.25) is 0 Å². The van der Waals surface area contributed by atoms with Crippen LogP contribution in [0.3, 0.4) is 0 Å². The van der Waals surface area contributed by atoms with Crippen LogP contribution in [0, 0.1) is 13.8 Å². The number of nitrogens with one attached hydrogen (secondary N) is 2. The van der Waals surface area contributed by atoms with E-state index in [1.807, 2.05) is 6.07 Å². The molecule has 0 spiro atoms. The molecule has 0 atom stereocenters. The summed E-state index contributed by atoms with van der Waals surface area (Å²) < 4.78 is 0. The molecular weight excluding hydrogens is 332 g/mol. The predicted molar refractivity (Wildman–Crippen MR) is 98.4 cm³/mol. The SMILES string of the molecule is CCc1cc(N2CCC(NC(=O)c3c(C)c(C)n[nH]c3=O)CC2)ncn1. The van der Waals surface area contributed by atoms with Gasteiger partial charge in [0.1, 0.15) is 17.7 Å². The number of H-pyrrole nitrogens is 1. The highest BCUT2D eigenvalue weighted by molar-refractivity contribution is 5.95. The fourth-order valence-electron chi connectivity index (χ4n) is 3.16. The Bertz CT molecular complexity index is 855. The van der Waals surface area contributed by atoms with Gasteiger partial charge in [-0.05, 0) is 38.7 Å². The number of rotatable bonds is 4. The van der Waals surface area contributed by atoms with Crippen molar-refractivity contribution in [1.82, 2.24) is 25.5 Å². The van der Waals surface area contributed by atoms with Crippen LogP contribution in [0.2, 0.25) is 0 Å². The van der Waals surface area contributed by atoms with Gasteiger partial charge in [-0.25, -0.2) is 15.1 Å². The van der Waals surface area contributed by atoms with Gasteiger partial charge in [0.05, 0.1) is 5.69 Å². The van der Waals surface area contributed by atoms with Crippen molar-refractivity contribution < 1.29 is 4.79 Å². The number of aromatic nitrogens is 4. The topological polar surface area (TPSA) is 104 Å². The lowest BCUT2D eigenvalue weighted by Crippen LogP contribution is -2.46. The molecule has 3 rings (SSSR count). The number of hydrogen-bond acceptors (Lipinski definition) is 6. The number of aryl methyl sites for hydroxylation is 2. The zero-order valence-electron chi connectivity index (χ0n) is 15.4. The second kappa shape index (κ2) is 7.63. The van der Waals surface area contributed by atoms with E-state index in [0.29, 0.717) is 11.3 Å². The molecule has 26 heavy (non-hydrogen) atoms. The minimum Gasteiger partial charge on any atom is -0.356 e. The van der Waals surface area contributed by atoms with Crippen LogP contribution in [0.25, 0.3) is 0 Å².